The van der Waals surface area contributed by atoms with Crippen molar-refractivity contribution >= 4 is 5.84 Å². The highest BCUT2D eigenvalue weighted by atomic mass is 16.5. The Bertz CT molecular complexity index is 339. The van der Waals surface area contributed by atoms with E-state index in [9.17, 15) is 0 Å². The molecule has 4 heteroatoms. The first-order chi connectivity index (χ1) is 7.13. The number of nitrogens with two attached hydrogens (primary N) is 1. The van der Waals surface area contributed by atoms with Crippen molar-refractivity contribution in [3.63, 3.8) is 0 Å². The van der Waals surface area contributed by atoms with Crippen LogP contribution in [0.1, 0.15) is 12.5 Å². The van der Waals surface area contributed by atoms with E-state index in [4.69, 9.17) is 20.6 Å². The molecule has 82 valence electrons. The van der Waals surface area contributed by atoms with E-state index >= 15 is 0 Å². The lowest BCUT2D eigenvalue weighted by molar-refractivity contribution is 0.0716. The van der Waals surface area contributed by atoms with Gasteiger partial charge in [-0.1, -0.05) is 12.1 Å². The monoisotopic (exact) mass is 208 g/mol. The standard InChI is InChI=1S/C11H16N2O2/c1-8(14-2)7-15-10-5-3-4-9(6-10)11(12)13/h3-6,8H,7H2,1-2H3,(H3,12,13). The average Bonchev–Trinajstić information content (AvgIpc) is 2.26. The fraction of sp³-hybridized carbons (Fsp3) is 0.364. The van der Waals surface area contributed by atoms with Crippen molar-refractivity contribution in [1.82, 2.24) is 0 Å². The Morgan fingerprint density at radius 3 is 2.87 bits per heavy atom. The van der Waals surface area contributed by atoms with Crippen LogP contribution in [-0.4, -0.2) is 25.7 Å². The minimum Gasteiger partial charge on any atom is -0.491 e. The summed E-state index contributed by atoms with van der Waals surface area (Å²) in [5.41, 5.74) is 6.03. The number of hydrogen-bond acceptors (Lipinski definition) is 3. The van der Waals surface area contributed by atoms with Gasteiger partial charge in [-0.25, -0.2) is 0 Å². The summed E-state index contributed by atoms with van der Waals surface area (Å²) in [4.78, 5) is 0. The van der Waals surface area contributed by atoms with Crippen LogP contribution in [-0.2, 0) is 4.74 Å². The van der Waals surface area contributed by atoms with Gasteiger partial charge in [0.1, 0.15) is 18.2 Å². The maximum Gasteiger partial charge on any atom is 0.122 e. The molecule has 0 spiro atoms. The molecule has 0 radical (unpaired) electrons. The molecule has 0 fully saturated rings. The van der Waals surface area contributed by atoms with Gasteiger partial charge in [-0.05, 0) is 19.1 Å². The lowest BCUT2D eigenvalue weighted by Gasteiger charge is -2.11. The summed E-state index contributed by atoms with van der Waals surface area (Å²) >= 11 is 0. The molecule has 0 aliphatic carbocycles. The van der Waals surface area contributed by atoms with Gasteiger partial charge >= 0.3 is 0 Å². The van der Waals surface area contributed by atoms with Crippen molar-refractivity contribution in [2.75, 3.05) is 13.7 Å². The molecule has 1 unspecified atom stereocenters. The maximum absolute atomic E-state index is 7.28. The smallest absolute Gasteiger partial charge is 0.122 e. The topological polar surface area (TPSA) is 68.3 Å². The van der Waals surface area contributed by atoms with Gasteiger partial charge in [0.25, 0.3) is 0 Å². The fourth-order valence-corrected chi connectivity index (χ4v) is 1.04. The first-order valence-corrected chi connectivity index (χ1v) is 4.73. The number of amidine groups is 1. The van der Waals surface area contributed by atoms with Crippen LogP contribution in [0.3, 0.4) is 0 Å². The average molecular weight is 208 g/mol. The number of benzene rings is 1. The Hall–Kier alpha value is -1.55. The Morgan fingerprint density at radius 1 is 1.53 bits per heavy atom. The Morgan fingerprint density at radius 2 is 2.27 bits per heavy atom. The van der Waals surface area contributed by atoms with Crippen LogP contribution in [0.2, 0.25) is 0 Å². The molecule has 0 saturated carbocycles. The third-order valence-electron chi connectivity index (χ3n) is 2.03. The van der Waals surface area contributed by atoms with E-state index in [0.29, 0.717) is 17.9 Å². The van der Waals surface area contributed by atoms with Crippen LogP contribution in [0, 0.1) is 5.41 Å². The Balaban J connectivity index is 2.62. The summed E-state index contributed by atoms with van der Waals surface area (Å²) in [5, 5.41) is 7.28. The largest absolute Gasteiger partial charge is 0.491 e. The SMILES string of the molecule is COC(C)COc1cccc(C(=N)N)c1. The Kier molecular flexibility index (Phi) is 4.12. The molecular formula is C11H16N2O2. The van der Waals surface area contributed by atoms with Crippen LogP contribution in [0.15, 0.2) is 24.3 Å². The second-order valence-electron chi connectivity index (χ2n) is 3.30. The van der Waals surface area contributed by atoms with Crippen molar-refractivity contribution in [3.05, 3.63) is 29.8 Å². The van der Waals surface area contributed by atoms with Crippen LogP contribution in [0.4, 0.5) is 0 Å². The predicted octanol–water partition coefficient (Wildman–Crippen LogP) is 1.38. The number of hydrogen-bond donors (Lipinski definition) is 2. The summed E-state index contributed by atoms with van der Waals surface area (Å²) in [6.45, 7) is 2.41. The molecule has 3 N–H and O–H groups in total. The van der Waals surface area contributed by atoms with Gasteiger partial charge in [-0.15, -0.1) is 0 Å². The van der Waals surface area contributed by atoms with Crippen molar-refractivity contribution < 1.29 is 9.47 Å². The second kappa shape index (κ2) is 5.36. The summed E-state index contributed by atoms with van der Waals surface area (Å²) in [6, 6.07) is 7.15. The molecule has 0 bridgehead atoms. The highest BCUT2D eigenvalue weighted by molar-refractivity contribution is 5.95. The van der Waals surface area contributed by atoms with Crippen molar-refractivity contribution in [2.24, 2.45) is 5.73 Å². The van der Waals surface area contributed by atoms with Crippen molar-refractivity contribution in [3.8, 4) is 5.75 Å². The predicted molar refractivity (Wildman–Crippen MR) is 59.4 cm³/mol. The summed E-state index contributed by atoms with van der Waals surface area (Å²) in [7, 11) is 1.64. The first kappa shape index (κ1) is 11.5. The van der Waals surface area contributed by atoms with Gasteiger partial charge in [-0.3, -0.25) is 5.41 Å². The van der Waals surface area contributed by atoms with Crippen molar-refractivity contribution in [2.45, 2.75) is 13.0 Å². The molecule has 1 aromatic rings. The molecule has 0 aliphatic rings. The molecule has 4 nitrogen and oxygen atoms in total. The quantitative estimate of drug-likeness (QED) is 0.567. The zero-order valence-electron chi connectivity index (χ0n) is 8.99. The van der Waals surface area contributed by atoms with Gasteiger partial charge in [0.15, 0.2) is 0 Å². The summed E-state index contributed by atoms with van der Waals surface area (Å²) in [5.74, 6) is 0.742. The lowest BCUT2D eigenvalue weighted by Crippen LogP contribution is -2.16. The molecule has 1 rings (SSSR count). The second-order valence-corrected chi connectivity index (χ2v) is 3.30. The van der Waals surface area contributed by atoms with E-state index in [-0.39, 0.29) is 11.9 Å². The molecule has 0 aliphatic heterocycles. The number of methoxy groups -OCH3 is 1. The van der Waals surface area contributed by atoms with Crippen LogP contribution < -0.4 is 10.5 Å². The number of nitrogen functional groups attached to an aromatic ring is 1. The molecular weight excluding hydrogens is 192 g/mol. The molecule has 0 saturated heterocycles. The number of ether oxygens (including phenoxy) is 2. The molecule has 0 heterocycles. The van der Waals surface area contributed by atoms with Crippen LogP contribution in [0.5, 0.6) is 5.75 Å². The number of rotatable bonds is 5. The van der Waals surface area contributed by atoms with Crippen LogP contribution in [0.25, 0.3) is 0 Å². The lowest BCUT2D eigenvalue weighted by atomic mass is 10.2. The molecule has 0 aromatic heterocycles. The zero-order chi connectivity index (χ0) is 11.3. The maximum atomic E-state index is 7.28. The zero-order valence-corrected chi connectivity index (χ0v) is 8.99. The molecule has 0 amide bonds. The van der Waals surface area contributed by atoms with Gasteiger partial charge in [-0.2, -0.15) is 0 Å². The first-order valence-electron chi connectivity index (χ1n) is 4.73. The van der Waals surface area contributed by atoms with Gasteiger partial charge in [0, 0.05) is 12.7 Å². The van der Waals surface area contributed by atoms with E-state index in [0.717, 1.165) is 0 Å². The normalized spacial score (nSPS) is 12.1. The van der Waals surface area contributed by atoms with Gasteiger partial charge in [0.2, 0.25) is 0 Å². The highest BCUT2D eigenvalue weighted by Crippen LogP contribution is 2.13. The Labute approximate surface area is 89.5 Å². The van der Waals surface area contributed by atoms with E-state index in [1.165, 1.54) is 0 Å². The van der Waals surface area contributed by atoms with E-state index in [2.05, 4.69) is 0 Å². The van der Waals surface area contributed by atoms with Crippen LogP contribution >= 0.6 is 0 Å². The van der Waals surface area contributed by atoms with Gasteiger partial charge in [0.05, 0.1) is 6.10 Å². The summed E-state index contributed by atoms with van der Waals surface area (Å²) < 4.78 is 10.5. The molecule has 1 aromatic carbocycles. The van der Waals surface area contributed by atoms with E-state index in [1.54, 1.807) is 19.2 Å². The van der Waals surface area contributed by atoms with Crippen molar-refractivity contribution in [1.29, 1.82) is 5.41 Å². The van der Waals surface area contributed by atoms with E-state index in [1.807, 2.05) is 19.1 Å². The fourth-order valence-electron chi connectivity index (χ4n) is 1.04. The van der Waals surface area contributed by atoms with Gasteiger partial charge < -0.3 is 15.2 Å². The minimum absolute atomic E-state index is 0.0419. The minimum atomic E-state index is 0.0419. The third-order valence-corrected chi connectivity index (χ3v) is 2.03. The summed E-state index contributed by atoms with van der Waals surface area (Å²) in [6.07, 6.45) is 0.0472. The molecule has 1 atom stereocenters. The third kappa shape index (κ3) is 3.59. The number of nitrogens with one attached hydrogen (secondary N) is 1. The van der Waals surface area contributed by atoms with E-state index < -0.39 is 0 Å². The molecule has 15 heavy (non-hydrogen) atoms. The highest BCUT2D eigenvalue weighted by Gasteiger charge is 2.02.